The number of halogens is 2. The van der Waals surface area contributed by atoms with E-state index in [-0.39, 0.29) is 11.3 Å². The Labute approximate surface area is 113 Å². The number of hydrogen-bond donors (Lipinski definition) is 1. The highest BCUT2D eigenvalue weighted by molar-refractivity contribution is 5.80. The molecule has 0 unspecified atom stereocenters. The third kappa shape index (κ3) is 1.80. The predicted octanol–water partition coefficient (Wildman–Crippen LogP) is 2.98. The molecule has 2 heterocycles. The van der Waals surface area contributed by atoms with Gasteiger partial charge in [0.1, 0.15) is 23.0 Å². The quantitative estimate of drug-likeness (QED) is 0.731. The van der Waals surface area contributed by atoms with Gasteiger partial charge in [0.05, 0.1) is 23.0 Å². The number of imidazole rings is 1. The monoisotopic (exact) mass is 274 g/mol. The summed E-state index contributed by atoms with van der Waals surface area (Å²) < 4.78 is 29.1. The number of nitrogen functional groups attached to an aromatic ring is 1. The smallest absolute Gasteiger partial charge is 0.149 e. The fourth-order valence-electron chi connectivity index (χ4n) is 2.24. The Morgan fingerprint density at radius 2 is 2.05 bits per heavy atom. The number of pyridine rings is 1. The molecule has 3 aromatic rings. The normalized spacial score (nSPS) is 11.2. The van der Waals surface area contributed by atoms with Crippen LogP contribution >= 0.6 is 0 Å². The van der Waals surface area contributed by atoms with Crippen molar-refractivity contribution in [3.05, 3.63) is 42.2 Å². The summed E-state index contributed by atoms with van der Waals surface area (Å²) in [5.41, 5.74) is 7.11. The summed E-state index contributed by atoms with van der Waals surface area (Å²) in [7, 11) is 0. The van der Waals surface area contributed by atoms with Crippen LogP contribution in [0.15, 0.2) is 30.6 Å². The highest BCUT2D eigenvalue weighted by Crippen LogP contribution is 2.29. The summed E-state index contributed by atoms with van der Waals surface area (Å²) >= 11 is 0. The Morgan fingerprint density at radius 1 is 1.25 bits per heavy atom. The van der Waals surface area contributed by atoms with Gasteiger partial charge in [-0.25, -0.2) is 13.8 Å². The number of aromatic nitrogens is 3. The van der Waals surface area contributed by atoms with Gasteiger partial charge < -0.3 is 10.3 Å². The zero-order valence-electron chi connectivity index (χ0n) is 10.8. The summed E-state index contributed by atoms with van der Waals surface area (Å²) in [5.74, 6) is -1.04. The number of nitrogens with zero attached hydrogens (tertiary/aromatic N) is 3. The number of anilines is 1. The number of nitrogens with two attached hydrogens (primary N) is 1. The van der Waals surface area contributed by atoms with Crippen molar-refractivity contribution in [3.8, 4) is 11.4 Å². The molecule has 0 aliphatic rings. The molecule has 0 aliphatic carbocycles. The largest absolute Gasteiger partial charge is 0.396 e. The first-order chi connectivity index (χ1) is 9.61. The van der Waals surface area contributed by atoms with Crippen LogP contribution in [0.2, 0.25) is 0 Å². The standard InChI is InChI=1S/C14H12F2N4/c1-2-20-13-3-4-18-7-12(13)19-14(20)8-5-11(17)10(16)6-9(8)15/h3-7H,2,17H2,1H3. The molecule has 0 fully saturated rings. The summed E-state index contributed by atoms with van der Waals surface area (Å²) in [6.45, 7) is 2.53. The van der Waals surface area contributed by atoms with Crippen molar-refractivity contribution in [1.82, 2.24) is 14.5 Å². The van der Waals surface area contributed by atoms with Crippen molar-refractivity contribution < 1.29 is 8.78 Å². The van der Waals surface area contributed by atoms with Gasteiger partial charge in [0.15, 0.2) is 0 Å². The van der Waals surface area contributed by atoms with Gasteiger partial charge in [0.25, 0.3) is 0 Å². The van der Waals surface area contributed by atoms with E-state index < -0.39 is 11.6 Å². The van der Waals surface area contributed by atoms with Crippen LogP contribution in [0.3, 0.4) is 0 Å². The Kier molecular flexibility index (Phi) is 2.85. The Balaban J connectivity index is 2.32. The first-order valence-electron chi connectivity index (χ1n) is 6.17. The van der Waals surface area contributed by atoms with Crippen LogP contribution in [-0.2, 0) is 6.54 Å². The van der Waals surface area contributed by atoms with Crippen LogP contribution in [-0.4, -0.2) is 14.5 Å². The van der Waals surface area contributed by atoms with Crippen LogP contribution in [0.4, 0.5) is 14.5 Å². The van der Waals surface area contributed by atoms with Gasteiger partial charge in [-0.2, -0.15) is 0 Å². The molecule has 2 N–H and O–H groups in total. The third-order valence-corrected chi connectivity index (χ3v) is 3.19. The Bertz CT molecular complexity index is 795. The maximum atomic E-state index is 14.0. The highest BCUT2D eigenvalue weighted by atomic mass is 19.1. The molecule has 0 amide bonds. The van der Waals surface area contributed by atoms with E-state index in [2.05, 4.69) is 9.97 Å². The minimum Gasteiger partial charge on any atom is -0.396 e. The number of benzene rings is 1. The van der Waals surface area contributed by atoms with Crippen molar-refractivity contribution in [1.29, 1.82) is 0 Å². The van der Waals surface area contributed by atoms with Crippen LogP contribution in [0.5, 0.6) is 0 Å². The molecule has 0 atom stereocenters. The lowest BCUT2D eigenvalue weighted by Gasteiger charge is -2.08. The molecule has 1 aromatic carbocycles. The van der Waals surface area contributed by atoms with Crippen molar-refractivity contribution in [2.24, 2.45) is 0 Å². The number of hydrogen-bond acceptors (Lipinski definition) is 3. The van der Waals surface area contributed by atoms with Gasteiger partial charge in [-0.15, -0.1) is 0 Å². The lowest BCUT2D eigenvalue weighted by atomic mass is 10.1. The average Bonchev–Trinajstić information content (AvgIpc) is 2.81. The topological polar surface area (TPSA) is 56.7 Å². The zero-order valence-corrected chi connectivity index (χ0v) is 10.8. The number of aryl methyl sites for hydroxylation is 1. The van der Waals surface area contributed by atoms with E-state index in [1.807, 2.05) is 11.5 Å². The van der Waals surface area contributed by atoms with Gasteiger partial charge in [0.2, 0.25) is 0 Å². The van der Waals surface area contributed by atoms with Gasteiger partial charge >= 0.3 is 0 Å². The molecule has 0 radical (unpaired) electrons. The summed E-state index contributed by atoms with van der Waals surface area (Å²) in [5, 5.41) is 0. The molecule has 0 saturated carbocycles. The van der Waals surface area contributed by atoms with E-state index in [4.69, 9.17) is 5.73 Å². The molecule has 0 aliphatic heterocycles. The SMILES string of the molecule is CCn1c(-c2cc(N)c(F)cc2F)nc2cnccc21. The van der Waals surface area contributed by atoms with Crippen LogP contribution in [0.25, 0.3) is 22.4 Å². The Morgan fingerprint density at radius 3 is 2.80 bits per heavy atom. The van der Waals surface area contributed by atoms with Crippen molar-refractivity contribution in [2.75, 3.05) is 5.73 Å². The minimum absolute atomic E-state index is 0.103. The summed E-state index contributed by atoms with van der Waals surface area (Å²) in [4.78, 5) is 8.36. The van der Waals surface area contributed by atoms with E-state index in [1.54, 1.807) is 18.5 Å². The fraction of sp³-hybridized carbons (Fsp3) is 0.143. The fourth-order valence-corrected chi connectivity index (χ4v) is 2.24. The second kappa shape index (κ2) is 4.56. The van der Waals surface area contributed by atoms with Gasteiger partial charge in [0, 0.05) is 18.8 Å². The molecule has 4 nitrogen and oxygen atoms in total. The Hall–Kier alpha value is -2.50. The first kappa shape index (κ1) is 12.5. The van der Waals surface area contributed by atoms with Gasteiger partial charge in [-0.1, -0.05) is 0 Å². The molecule has 6 heteroatoms. The summed E-state index contributed by atoms with van der Waals surface area (Å²) in [6.07, 6.45) is 3.26. The van der Waals surface area contributed by atoms with Crippen LogP contribution in [0, 0.1) is 11.6 Å². The molecular formula is C14H12F2N4. The van der Waals surface area contributed by atoms with Crippen LogP contribution in [0.1, 0.15) is 6.92 Å². The van der Waals surface area contributed by atoms with Crippen molar-refractivity contribution >= 4 is 16.7 Å². The van der Waals surface area contributed by atoms with Crippen LogP contribution < -0.4 is 5.73 Å². The van der Waals surface area contributed by atoms with E-state index in [9.17, 15) is 8.78 Å². The molecule has 2 aromatic heterocycles. The molecule has 3 rings (SSSR count). The molecular weight excluding hydrogens is 262 g/mol. The van der Waals surface area contributed by atoms with Crippen molar-refractivity contribution in [3.63, 3.8) is 0 Å². The van der Waals surface area contributed by atoms with Gasteiger partial charge in [-0.05, 0) is 19.1 Å². The second-order valence-corrected chi connectivity index (χ2v) is 4.40. The second-order valence-electron chi connectivity index (χ2n) is 4.40. The molecule has 102 valence electrons. The maximum Gasteiger partial charge on any atom is 0.149 e. The molecule has 0 saturated heterocycles. The molecule has 0 bridgehead atoms. The first-order valence-corrected chi connectivity index (χ1v) is 6.17. The predicted molar refractivity (Wildman–Crippen MR) is 73.0 cm³/mol. The third-order valence-electron chi connectivity index (χ3n) is 3.19. The lowest BCUT2D eigenvalue weighted by Crippen LogP contribution is -2.01. The van der Waals surface area contributed by atoms with E-state index >= 15 is 0 Å². The van der Waals surface area contributed by atoms with E-state index in [0.29, 0.717) is 17.9 Å². The van der Waals surface area contributed by atoms with E-state index in [1.165, 1.54) is 6.07 Å². The number of rotatable bonds is 2. The van der Waals surface area contributed by atoms with Gasteiger partial charge in [-0.3, -0.25) is 4.98 Å². The van der Waals surface area contributed by atoms with E-state index in [0.717, 1.165) is 11.6 Å². The maximum absolute atomic E-state index is 14.0. The highest BCUT2D eigenvalue weighted by Gasteiger charge is 2.17. The zero-order chi connectivity index (χ0) is 14.3. The minimum atomic E-state index is -0.771. The molecule has 20 heavy (non-hydrogen) atoms. The van der Waals surface area contributed by atoms with Crippen molar-refractivity contribution in [2.45, 2.75) is 13.5 Å². The lowest BCUT2D eigenvalue weighted by molar-refractivity contribution is 0.587. The molecule has 0 spiro atoms. The summed E-state index contributed by atoms with van der Waals surface area (Å²) in [6, 6.07) is 3.86. The number of fused-ring (bicyclic) bond motifs is 1. The average molecular weight is 274 g/mol.